The predicted octanol–water partition coefficient (Wildman–Crippen LogP) is 1.04. The molecular formula is C5H10O. The number of hydrogen-bond acceptors (Lipinski definition) is 1. The Morgan fingerprint density at radius 3 is 2.00 bits per heavy atom. The fraction of sp³-hybridized carbons (Fsp3) is 1.00. The number of rotatable bonds is 0. The monoisotopic (exact) mass is 86.1 g/mol. The van der Waals surface area contributed by atoms with Crippen LogP contribution >= 0.6 is 0 Å². The van der Waals surface area contributed by atoms with Gasteiger partial charge in [0.05, 0.1) is 12.7 Å². The number of hydrogen-bond donors (Lipinski definition) is 0. The van der Waals surface area contributed by atoms with Gasteiger partial charge in [0.25, 0.3) is 0 Å². The van der Waals surface area contributed by atoms with Gasteiger partial charge in [0, 0.05) is 5.92 Å². The Morgan fingerprint density at radius 1 is 1.50 bits per heavy atom. The molecule has 0 amide bonds. The van der Waals surface area contributed by atoms with Crippen LogP contribution in [0.4, 0.5) is 0 Å². The van der Waals surface area contributed by atoms with E-state index in [2.05, 4.69) is 13.8 Å². The molecule has 0 spiro atoms. The third kappa shape index (κ3) is 0.432. The highest BCUT2D eigenvalue weighted by molar-refractivity contribution is 4.68. The van der Waals surface area contributed by atoms with Crippen LogP contribution in [0.3, 0.4) is 0 Å². The lowest BCUT2D eigenvalue weighted by Gasteiger charge is -2.30. The van der Waals surface area contributed by atoms with E-state index >= 15 is 0 Å². The molecule has 0 aromatic carbocycles. The molecule has 0 aliphatic carbocycles. The normalized spacial score (nSPS) is 45.0. The summed E-state index contributed by atoms with van der Waals surface area (Å²) in [4.78, 5) is 0. The first-order valence-electron chi connectivity index (χ1n) is 2.42. The first kappa shape index (κ1) is 4.13. The lowest BCUT2D eigenvalue weighted by molar-refractivity contribution is -0.0937. The smallest absolute Gasteiger partial charge is 0.0594 e. The van der Waals surface area contributed by atoms with E-state index in [9.17, 15) is 0 Å². The highest BCUT2D eigenvalue weighted by Gasteiger charge is 2.21. The fourth-order valence-electron chi connectivity index (χ4n) is 0.481. The van der Waals surface area contributed by atoms with Crippen molar-refractivity contribution in [2.45, 2.75) is 20.0 Å². The predicted molar refractivity (Wildman–Crippen MR) is 24.6 cm³/mol. The van der Waals surface area contributed by atoms with Gasteiger partial charge in [0.2, 0.25) is 0 Å². The van der Waals surface area contributed by atoms with E-state index < -0.39 is 0 Å². The van der Waals surface area contributed by atoms with Crippen LogP contribution in [0.25, 0.3) is 0 Å². The largest absolute Gasteiger partial charge is 0.378 e. The zero-order chi connectivity index (χ0) is 4.57. The van der Waals surface area contributed by atoms with Crippen LogP contribution in [0, 0.1) is 5.92 Å². The minimum Gasteiger partial charge on any atom is -0.378 e. The molecule has 1 aliphatic rings. The summed E-state index contributed by atoms with van der Waals surface area (Å²) in [5.41, 5.74) is 0. The minimum absolute atomic E-state index is 0.532. The van der Waals surface area contributed by atoms with Crippen LogP contribution in [0.5, 0.6) is 0 Å². The summed E-state index contributed by atoms with van der Waals surface area (Å²) in [5, 5.41) is 0. The quantitative estimate of drug-likeness (QED) is 0.428. The Kier molecular flexibility index (Phi) is 0.845. The summed E-state index contributed by atoms with van der Waals surface area (Å²) >= 11 is 0. The zero-order valence-corrected chi connectivity index (χ0v) is 4.27. The Labute approximate surface area is 38.3 Å². The lowest BCUT2D eigenvalue weighted by atomic mass is 10.0. The van der Waals surface area contributed by atoms with Crippen LogP contribution < -0.4 is 0 Å². The molecule has 0 saturated carbocycles. The van der Waals surface area contributed by atoms with E-state index in [-0.39, 0.29) is 0 Å². The first-order valence-corrected chi connectivity index (χ1v) is 2.42. The van der Waals surface area contributed by atoms with E-state index in [4.69, 9.17) is 4.74 Å². The summed E-state index contributed by atoms with van der Waals surface area (Å²) in [6, 6.07) is 0. The molecule has 1 heterocycles. The molecule has 36 valence electrons. The van der Waals surface area contributed by atoms with Crippen molar-refractivity contribution in [3.05, 3.63) is 0 Å². The number of ether oxygens (including phenoxy) is 1. The standard InChI is InChI=1S/C5H10O/c1-4-3-6-5(4)2/h4-5H,3H2,1-2H3/t4-,5-/m0/s1. The van der Waals surface area contributed by atoms with E-state index in [1.165, 1.54) is 0 Å². The molecule has 2 atom stereocenters. The molecule has 1 heteroatoms. The van der Waals surface area contributed by atoms with E-state index in [1.54, 1.807) is 0 Å². The third-order valence-corrected chi connectivity index (χ3v) is 1.42. The average molecular weight is 86.1 g/mol. The van der Waals surface area contributed by atoms with Gasteiger partial charge in [0.15, 0.2) is 0 Å². The van der Waals surface area contributed by atoms with Crippen molar-refractivity contribution >= 4 is 0 Å². The third-order valence-electron chi connectivity index (χ3n) is 1.42. The second kappa shape index (κ2) is 1.23. The fourth-order valence-corrected chi connectivity index (χ4v) is 0.481. The topological polar surface area (TPSA) is 9.23 Å². The van der Waals surface area contributed by atoms with Crippen molar-refractivity contribution in [3.8, 4) is 0 Å². The molecule has 1 rings (SSSR count). The van der Waals surface area contributed by atoms with Crippen molar-refractivity contribution in [2.24, 2.45) is 5.92 Å². The SMILES string of the molecule is C[C@@H]1OC[C@@H]1C. The Balaban J connectivity index is 2.20. The second-order valence-electron chi connectivity index (χ2n) is 2.02. The molecule has 1 aliphatic heterocycles. The summed E-state index contributed by atoms with van der Waals surface area (Å²) < 4.78 is 5.04. The molecule has 1 nitrogen and oxygen atoms in total. The molecule has 0 unspecified atom stereocenters. The van der Waals surface area contributed by atoms with Crippen LogP contribution in [0.2, 0.25) is 0 Å². The van der Waals surface area contributed by atoms with Gasteiger partial charge in [-0.15, -0.1) is 0 Å². The van der Waals surface area contributed by atoms with Gasteiger partial charge in [-0.3, -0.25) is 0 Å². The molecule has 0 N–H and O–H groups in total. The highest BCUT2D eigenvalue weighted by atomic mass is 16.5. The van der Waals surface area contributed by atoms with E-state index in [1.807, 2.05) is 0 Å². The maximum atomic E-state index is 5.04. The Morgan fingerprint density at radius 2 is 2.00 bits per heavy atom. The zero-order valence-electron chi connectivity index (χ0n) is 4.27. The highest BCUT2D eigenvalue weighted by Crippen LogP contribution is 2.17. The summed E-state index contributed by atoms with van der Waals surface area (Å²) in [6.45, 7) is 5.28. The Hall–Kier alpha value is -0.0400. The lowest BCUT2D eigenvalue weighted by Crippen LogP contribution is -2.34. The molecule has 1 fully saturated rings. The summed E-state index contributed by atoms with van der Waals surface area (Å²) in [7, 11) is 0. The molecular weight excluding hydrogens is 76.1 g/mol. The molecule has 0 radical (unpaired) electrons. The van der Waals surface area contributed by atoms with Gasteiger partial charge in [-0.2, -0.15) is 0 Å². The molecule has 0 bridgehead atoms. The van der Waals surface area contributed by atoms with Gasteiger partial charge < -0.3 is 4.74 Å². The van der Waals surface area contributed by atoms with E-state index in [0.717, 1.165) is 12.5 Å². The first-order chi connectivity index (χ1) is 2.80. The van der Waals surface area contributed by atoms with Gasteiger partial charge in [0.1, 0.15) is 0 Å². The molecule has 0 aromatic rings. The van der Waals surface area contributed by atoms with Crippen molar-refractivity contribution in [2.75, 3.05) is 6.61 Å². The second-order valence-corrected chi connectivity index (χ2v) is 2.02. The van der Waals surface area contributed by atoms with Crippen molar-refractivity contribution in [1.82, 2.24) is 0 Å². The van der Waals surface area contributed by atoms with Crippen molar-refractivity contribution in [3.63, 3.8) is 0 Å². The van der Waals surface area contributed by atoms with Gasteiger partial charge in [-0.25, -0.2) is 0 Å². The van der Waals surface area contributed by atoms with Crippen LogP contribution in [0.1, 0.15) is 13.8 Å². The van der Waals surface area contributed by atoms with Crippen molar-refractivity contribution < 1.29 is 4.74 Å². The maximum absolute atomic E-state index is 5.04. The molecule has 1 saturated heterocycles. The van der Waals surface area contributed by atoms with Crippen LogP contribution in [-0.2, 0) is 4.74 Å². The summed E-state index contributed by atoms with van der Waals surface area (Å²) in [5.74, 6) is 0.810. The summed E-state index contributed by atoms with van der Waals surface area (Å²) in [6.07, 6.45) is 0.532. The Bertz CT molecular complexity index is 43.9. The minimum atomic E-state index is 0.532. The molecule has 6 heavy (non-hydrogen) atoms. The van der Waals surface area contributed by atoms with Crippen LogP contribution in [0.15, 0.2) is 0 Å². The van der Waals surface area contributed by atoms with Crippen molar-refractivity contribution in [1.29, 1.82) is 0 Å². The molecule has 0 aromatic heterocycles. The van der Waals surface area contributed by atoms with E-state index in [0.29, 0.717) is 6.10 Å². The maximum Gasteiger partial charge on any atom is 0.0594 e. The van der Waals surface area contributed by atoms with Gasteiger partial charge in [-0.1, -0.05) is 6.92 Å². The average Bonchev–Trinajstić information content (AvgIpc) is 1.61. The van der Waals surface area contributed by atoms with Gasteiger partial charge >= 0.3 is 0 Å². The van der Waals surface area contributed by atoms with Gasteiger partial charge in [-0.05, 0) is 6.92 Å². The van der Waals surface area contributed by atoms with Crippen LogP contribution in [-0.4, -0.2) is 12.7 Å².